The van der Waals surface area contributed by atoms with Gasteiger partial charge in [0.2, 0.25) is 17.6 Å². The first-order valence-electron chi connectivity index (χ1n) is 10.3. The molecule has 5 rings (SSSR count). The van der Waals surface area contributed by atoms with Crippen LogP contribution in [0.5, 0.6) is 0 Å². The van der Waals surface area contributed by atoms with E-state index in [-0.39, 0.29) is 23.6 Å². The van der Waals surface area contributed by atoms with E-state index >= 15 is 0 Å². The molecular formula is C24H22FN2O3+. The molecule has 0 bridgehead atoms. The van der Waals surface area contributed by atoms with Gasteiger partial charge in [0.15, 0.2) is 6.04 Å². The highest BCUT2D eigenvalue weighted by Crippen LogP contribution is 2.43. The molecule has 2 saturated heterocycles. The Morgan fingerprint density at radius 1 is 1.03 bits per heavy atom. The highest BCUT2D eigenvalue weighted by atomic mass is 19.1. The van der Waals surface area contributed by atoms with Crippen molar-refractivity contribution in [3.05, 3.63) is 77.2 Å². The summed E-state index contributed by atoms with van der Waals surface area (Å²) >= 11 is 0. The largest absolute Gasteiger partial charge is 0.292 e. The summed E-state index contributed by atoms with van der Waals surface area (Å²) in [6.45, 7) is 2.29. The van der Waals surface area contributed by atoms with E-state index in [0.29, 0.717) is 18.5 Å². The summed E-state index contributed by atoms with van der Waals surface area (Å²) in [7, 11) is 0. The second kappa shape index (κ2) is 6.99. The van der Waals surface area contributed by atoms with E-state index in [4.69, 9.17) is 0 Å². The lowest BCUT2D eigenvalue weighted by Gasteiger charge is -2.30. The number of rotatable bonds is 4. The second-order valence-electron chi connectivity index (χ2n) is 8.17. The van der Waals surface area contributed by atoms with Gasteiger partial charge in [-0.1, -0.05) is 31.2 Å². The molecule has 3 aliphatic heterocycles. The van der Waals surface area contributed by atoms with Crippen LogP contribution in [0, 0.1) is 17.7 Å². The summed E-state index contributed by atoms with van der Waals surface area (Å²) in [6.07, 6.45) is 4.53. The highest BCUT2D eigenvalue weighted by Gasteiger charge is 2.67. The number of carbonyl (C=O) groups excluding carboxylic acids is 3. The number of fused-ring (bicyclic) bond motifs is 5. The number of ketones is 1. The van der Waals surface area contributed by atoms with Gasteiger partial charge in [-0.05, 0) is 42.3 Å². The Labute approximate surface area is 173 Å². The van der Waals surface area contributed by atoms with E-state index < -0.39 is 23.7 Å². The number of Topliss-reactive ketones (excluding diaryl/α,β-unsaturated/α-hetero) is 1. The number of likely N-dealkylation sites (tertiary alicyclic amines) is 1. The summed E-state index contributed by atoms with van der Waals surface area (Å²) in [5.41, 5.74) is 2.35. The van der Waals surface area contributed by atoms with Crippen molar-refractivity contribution in [3.63, 3.8) is 0 Å². The molecule has 30 heavy (non-hydrogen) atoms. The maximum atomic E-state index is 13.5. The van der Waals surface area contributed by atoms with Gasteiger partial charge in [-0.25, -0.2) is 4.39 Å². The number of amides is 2. The molecule has 6 heteroatoms. The lowest BCUT2D eigenvalue weighted by Crippen LogP contribution is -3.12. The summed E-state index contributed by atoms with van der Waals surface area (Å²) in [5, 5.41) is 0. The van der Waals surface area contributed by atoms with Gasteiger partial charge in [-0.2, -0.15) is 0 Å². The van der Waals surface area contributed by atoms with Crippen LogP contribution in [0.25, 0.3) is 6.08 Å². The maximum absolute atomic E-state index is 13.5. The van der Waals surface area contributed by atoms with Crippen LogP contribution in [0.15, 0.2) is 54.7 Å². The topological polar surface area (TPSA) is 58.9 Å². The van der Waals surface area contributed by atoms with E-state index in [1.54, 1.807) is 0 Å². The molecule has 1 N–H and O–H groups in total. The quantitative estimate of drug-likeness (QED) is 0.626. The first-order valence-corrected chi connectivity index (χ1v) is 10.3. The number of benzene rings is 2. The van der Waals surface area contributed by atoms with Gasteiger partial charge in [0, 0.05) is 17.7 Å². The molecule has 5 nitrogen and oxygen atoms in total. The molecule has 2 amide bonds. The number of hydrogen-bond acceptors (Lipinski definition) is 3. The Hall–Kier alpha value is -3.12. The fourth-order valence-corrected chi connectivity index (χ4v) is 5.35. The average Bonchev–Trinajstić information content (AvgIpc) is 3.22. The second-order valence-corrected chi connectivity index (χ2v) is 8.17. The smallest absolute Gasteiger partial charge is 0.239 e. The van der Waals surface area contributed by atoms with E-state index in [0.717, 1.165) is 16.0 Å². The monoisotopic (exact) mass is 405 g/mol. The predicted octanol–water partition coefficient (Wildman–Crippen LogP) is 2.01. The molecule has 2 aromatic carbocycles. The van der Waals surface area contributed by atoms with Crippen molar-refractivity contribution in [2.24, 2.45) is 11.8 Å². The molecule has 5 atom stereocenters. The molecular weight excluding hydrogens is 383 g/mol. The fourth-order valence-electron chi connectivity index (χ4n) is 5.35. The van der Waals surface area contributed by atoms with Gasteiger partial charge in [0.25, 0.3) is 0 Å². The van der Waals surface area contributed by atoms with E-state index in [2.05, 4.69) is 0 Å². The van der Waals surface area contributed by atoms with Crippen molar-refractivity contribution in [1.82, 2.24) is 4.90 Å². The Morgan fingerprint density at radius 3 is 2.47 bits per heavy atom. The van der Waals surface area contributed by atoms with E-state index in [9.17, 15) is 18.8 Å². The molecule has 3 heterocycles. The normalized spacial score (nSPS) is 29.0. The summed E-state index contributed by atoms with van der Waals surface area (Å²) in [5.74, 6) is -2.38. The minimum Gasteiger partial charge on any atom is -0.292 e. The van der Waals surface area contributed by atoms with Crippen LogP contribution in [-0.4, -0.2) is 35.1 Å². The summed E-state index contributed by atoms with van der Waals surface area (Å²) < 4.78 is 13.4. The van der Waals surface area contributed by atoms with Crippen molar-refractivity contribution >= 4 is 23.7 Å². The third-order valence-electron chi connectivity index (χ3n) is 6.57. The third-order valence-corrected chi connectivity index (χ3v) is 6.57. The van der Waals surface area contributed by atoms with Crippen molar-refractivity contribution < 1.29 is 23.7 Å². The first kappa shape index (κ1) is 18.9. The molecule has 0 spiro atoms. The number of carbonyl (C=O) groups is 3. The van der Waals surface area contributed by atoms with E-state index in [1.165, 1.54) is 29.2 Å². The minimum absolute atomic E-state index is 0.186. The zero-order chi connectivity index (χ0) is 21.0. The molecule has 2 aromatic rings. The summed E-state index contributed by atoms with van der Waals surface area (Å²) in [6, 6.07) is 12.2. The van der Waals surface area contributed by atoms with Crippen molar-refractivity contribution in [1.29, 1.82) is 0 Å². The Bertz CT molecular complexity index is 1080. The Kier molecular flexibility index (Phi) is 4.40. The Balaban J connectivity index is 1.64. The molecule has 0 aliphatic carbocycles. The molecule has 1 unspecified atom stereocenters. The van der Waals surface area contributed by atoms with Gasteiger partial charge >= 0.3 is 0 Å². The number of halogens is 1. The van der Waals surface area contributed by atoms with Gasteiger partial charge in [-0.3, -0.25) is 24.2 Å². The van der Waals surface area contributed by atoms with E-state index in [1.807, 2.05) is 43.5 Å². The standard InChI is InChI=1S/C24H21FN2O3/c1-2-12-27-23(29)18-19(24(27)30)21(22(28)15-7-9-16(25)10-8-15)26-13-11-14-5-3-4-6-17(14)20(18)26/h3-11,13,18-21H,2,12H2,1H3/p+1/t18-,19+,20+,21-/m0/s1. The number of hydrogen-bond donors (Lipinski definition) is 1. The van der Waals surface area contributed by atoms with Crippen LogP contribution in [0.4, 0.5) is 4.39 Å². The zero-order valence-corrected chi connectivity index (χ0v) is 16.5. The zero-order valence-electron chi connectivity index (χ0n) is 16.5. The van der Waals surface area contributed by atoms with Crippen LogP contribution in [0.2, 0.25) is 0 Å². The van der Waals surface area contributed by atoms with Gasteiger partial charge < -0.3 is 0 Å². The summed E-state index contributed by atoms with van der Waals surface area (Å²) in [4.78, 5) is 42.3. The van der Waals surface area contributed by atoms with Gasteiger partial charge in [0.05, 0.1) is 6.20 Å². The molecule has 0 saturated carbocycles. The number of nitrogens with zero attached hydrogens (tertiary/aromatic N) is 1. The Morgan fingerprint density at radius 2 is 1.73 bits per heavy atom. The molecule has 152 valence electrons. The maximum Gasteiger partial charge on any atom is 0.239 e. The molecule has 3 aliphatic rings. The van der Waals surface area contributed by atoms with Crippen molar-refractivity contribution in [3.8, 4) is 0 Å². The van der Waals surface area contributed by atoms with Crippen molar-refractivity contribution in [2.75, 3.05) is 6.54 Å². The van der Waals surface area contributed by atoms with Crippen LogP contribution in [0.3, 0.4) is 0 Å². The van der Waals surface area contributed by atoms with Crippen molar-refractivity contribution in [2.45, 2.75) is 25.4 Å². The SMILES string of the molecule is CCCN1C(=O)[C@@H]2[C@H](C1=O)[C@H]1c3ccccc3C=C[NH+]1[C@@H]2C(=O)c1ccc(F)cc1. The minimum atomic E-state index is -0.714. The van der Waals surface area contributed by atoms with Crippen LogP contribution in [0.1, 0.15) is 40.9 Å². The number of imide groups is 1. The van der Waals surface area contributed by atoms with Gasteiger partial charge in [-0.15, -0.1) is 0 Å². The third kappa shape index (κ3) is 2.60. The lowest BCUT2D eigenvalue weighted by molar-refractivity contribution is -0.884. The lowest BCUT2D eigenvalue weighted by atomic mass is 9.83. The highest BCUT2D eigenvalue weighted by molar-refractivity contribution is 6.11. The molecule has 0 aromatic heterocycles. The number of quaternary nitrogens is 1. The molecule has 0 radical (unpaired) electrons. The average molecular weight is 405 g/mol. The number of nitrogens with one attached hydrogen (secondary N) is 1. The first-order chi connectivity index (χ1) is 14.5. The molecule has 2 fully saturated rings. The van der Waals surface area contributed by atoms with Crippen LogP contribution < -0.4 is 4.90 Å². The van der Waals surface area contributed by atoms with Crippen LogP contribution in [-0.2, 0) is 9.59 Å². The van der Waals surface area contributed by atoms with Gasteiger partial charge in [0.1, 0.15) is 23.7 Å². The fraction of sp³-hybridized carbons (Fsp3) is 0.292. The predicted molar refractivity (Wildman–Crippen MR) is 108 cm³/mol. The van der Waals surface area contributed by atoms with Crippen LogP contribution >= 0.6 is 0 Å².